The summed E-state index contributed by atoms with van der Waals surface area (Å²) >= 11 is 0. The van der Waals surface area contributed by atoms with Gasteiger partial charge in [-0.1, -0.05) is 13.3 Å². The second-order valence-corrected chi connectivity index (χ2v) is 4.29. The number of carboxylic acids is 1. The summed E-state index contributed by atoms with van der Waals surface area (Å²) in [6.45, 7) is 4.35. The minimum Gasteiger partial charge on any atom is -0.476 e. The highest BCUT2D eigenvalue weighted by molar-refractivity contribution is 5.84. The number of nitrogens with zero attached hydrogens (tertiary/aromatic N) is 3. The van der Waals surface area contributed by atoms with Gasteiger partial charge in [0.1, 0.15) is 5.82 Å². The second-order valence-electron chi connectivity index (χ2n) is 4.29. The normalized spacial score (nSPS) is 19.8. The van der Waals surface area contributed by atoms with Crippen LogP contribution in [0.15, 0.2) is 12.4 Å². The van der Waals surface area contributed by atoms with Crippen molar-refractivity contribution in [2.45, 2.75) is 25.9 Å². The fourth-order valence-corrected chi connectivity index (χ4v) is 2.02. The molecule has 6 nitrogen and oxygen atoms in total. The van der Waals surface area contributed by atoms with Crippen LogP contribution in [0.3, 0.4) is 0 Å². The van der Waals surface area contributed by atoms with Gasteiger partial charge in [-0.25, -0.2) is 14.8 Å². The van der Waals surface area contributed by atoms with E-state index in [9.17, 15) is 4.79 Å². The van der Waals surface area contributed by atoms with E-state index in [1.807, 2.05) is 0 Å². The molecule has 6 heteroatoms. The molecule has 1 aliphatic heterocycles. The average Bonchev–Trinajstić information content (AvgIpc) is 2.39. The van der Waals surface area contributed by atoms with Crippen molar-refractivity contribution in [1.29, 1.82) is 0 Å². The Bertz CT molecular complexity index is 406. The van der Waals surface area contributed by atoms with Crippen molar-refractivity contribution < 1.29 is 14.6 Å². The van der Waals surface area contributed by atoms with Crippen LogP contribution in [0, 0.1) is 0 Å². The van der Waals surface area contributed by atoms with Gasteiger partial charge in [-0.05, 0) is 6.42 Å². The number of aromatic nitrogens is 2. The lowest BCUT2D eigenvalue weighted by atomic mass is 10.2. The lowest BCUT2D eigenvalue weighted by Crippen LogP contribution is -2.42. The smallest absolute Gasteiger partial charge is 0.356 e. The Morgan fingerprint density at radius 2 is 2.39 bits per heavy atom. The molecule has 1 atom stereocenters. The van der Waals surface area contributed by atoms with Crippen molar-refractivity contribution in [2.24, 2.45) is 0 Å². The van der Waals surface area contributed by atoms with Crippen molar-refractivity contribution in [3.05, 3.63) is 18.1 Å². The van der Waals surface area contributed by atoms with Crippen molar-refractivity contribution in [2.75, 3.05) is 24.6 Å². The lowest BCUT2D eigenvalue weighted by Gasteiger charge is -2.33. The first-order valence-electron chi connectivity index (χ1n) is 6.12. The van der Waals surface area contributed by atoms with Gasteiger partial charge in [0.2, 0.25) is 0 Å². The quantitative estimate of drug-likeness (QED) is 0.866. The Morgan fingerprint density at radius 3 is 3.00 bits per heavy atom. The largest absolute Gasteiger partial charge is 0.476 e. The number of carboxylic acid groups (broad SMARTS) is 1. The Hall–Kier alpha value is -1.69. The molecule has 0 bridgehead atoms. The molecule has 1 aromatic rings. The third kappa shape index (κ3) is 2.95. The molecule has 1 unspecified atom stereocenters. The molecule has 1 N–H and O–H groups in total. The molecule has 98 valence electrons. The van der Waals surface area contributed by atoms with Crippen LogP contribution in [0.25, 0.3) is 0 Å². The summed E-state index contributed by atoms with van der Waals surface area (Å²) in [7, 11) is 0. The number of ether oxygens (including phenoxy) is 1. The van der Waals surface area contributed by atoms with E-state index in [0.717, 1.165) is 25.9 Å². The van der Waals surface area contributed by atoms with E-state index in [1.165, 1.54) is 12.4 Å². The first-order valence-corrected chi connectivity index (χ1v) is 6.12. The number of aromatic carboxylic acids is 1. The minimum absolute atomic E-state index is 0.0304. The first kappa shape index (κ1) is 12.8. The van der Waals surface area contributed by atoms with Gasteiger partial charge in [0.15, 0.2) is 5.69 Å². The standard InChI is InChI=1S/C12H17N3O3/c1-2-3-9-8-15(4-5-18-9)11-7-13-10(6-14-11)12(16)17/h6-7,9H,2-5,8H2,1H3,(H,16,17). The zero-order chi connectivity index (χ0) is 13.0. The summed E-state index contributed by atoms with van der Waals surface area (Å²) in [5.74, 6) is -0.343. The van der Waals surface area contributed by atoms with Gasteiger partial charge in [-0.2, -0.15) is 0 Å². The number of anilines is 1. The zero-order valence-electron chi connectivity index (χ0n) is 10.4. The zero-order valence-corrected chi connectivity index (χ0v) is 10.4. The molecule has 0 aliphatic carbocycles. The van der Waals surface area contributed by atoms with E-state index in [2.05, 4.69) is 21.8 Å². The van der Waals surface area contributed by atoms with Crippen LogP contribution in [0.4, 0.5) is 5.82 Å². The topological polar surface area (TPSA) is 75.6 Å². The highest BCUT2D eigenvalue weighted by atomic mass is 16.5. The van der Waals surface area contributed by atoms with E-state index in [-0.39, 0.29) is 11.8 Å². The summed E-state index contributed by atoms with van der Waals surface area (Å²) in [6.07, 6.45) is 5.14. The van der Waals surface area contributed by atoms with Crippen LogP contribution in [-0.2, 0) is 4.74 Å². The Balaban J connectivity index is 2.04. The molecule has 2 rings (SSSR count). The predicted molar refractivity (Wildman–Crippen MR) is 65.9 cm³/mol. The number of rotatable bonds is 4. The van der Waals surface area contributed by atoms with Gasteiger partial charge in [-0.3, -0.25) is 0 Å². The van der Waals surface area contributed by atoms with Gasteiger partial charge in [0, 0.05) is 13.1 Å². The van der Waals surface area contributed by atoms with Gasteiger partial charge in [-0.15, -0.1) is 0 Å². The Kier molecular flexibility index (Phi) is 4.09. The minimum atomic E-state index is -1.06. The van der Waals surface area contributed by atoms with Crippen LogP contribution >= 0.6 is 0 Å². The summed E-state index contributed by atoms with van der Waals surface area (Å²) in [5.41, 5.74) is -0.0304. The van der Waals surface area contributed by atoms with E-state index >= 15 is 0 Å². The summed E-state index contributed by atoms with van der Waals surface area (Å²) in [4.78, 5) is 20.8. The third-order valence-electron chi connectivity index (χ3n) is 2.93. The molecule has 1 aromatic heterocycles. The fourth-order valence-electron chi connectivity index (χ4n) is 2.02. The van der Waals surface area contributed by atoms with Crippen LogP contribution in [0.1, 0.15) is 30.3 Å². The van der Waals surface area contributed by atoms with Gasteiger partial charge >= 0.3 is 5.97 Å². The van der Waals surface area contributed by atoms with Crippen molar-refractivity contribution in [1.82, 2.24) is 9.97 Å². The van der Waals surface area contributed by atoms with E-state index in [4.69, 9.17) is 9.84 Å². The van der Waals surface area contributed by atoms with Crippen molar-refractivity contribution in [3.8, 4) is 0 Å². The van der Waals surface area contributed by atoms with E-state index < -0.39 is 5.97 Å². The molecule has 0 amide bonds. The first-order chi connectivity index (χ1) is 8.70. The molecule has 0 radical (unpaired) electrons. The SMILES string of the molecule is CCCC1CN(c2cnc(C(=O)O)cn2)CCO1. The summed E-state index contributed by atoms with van der Waals surface area (Å²) in [6, 6.07) is 0. The maximum atomic E-state index is 10.7. The number of hydrogen-bond acceptors (Lipinski definition) is 5. The molecule has 0 saturated carbocycles. The Labute approximate surface area is 106 Å². The highest BCUT2D eigenvalue weighted by Gasteiger charge is 2.21. The van der Waals surface area contributed by atoms with Gasteiger partial charge < -0.3 is 14.7 Å². The van der Waals surface area contributed by atoms with Gasteiger partial charge in [0.25, 0.3) is 0 Å². The highest BCUT2D eigenvalue weighted by Crippen LogP contribution is 2.16. The second kappa shape index (κ2) is 5.77. The third-order valence-corrected chi connectivity index (χ3v) is 2.93. The molecule has 1 saturated heterocycles. The monoisotopic (exact) mass is 251 g/mol. The van der Waals surface area contributed by atoms with Crippen LogP contribution in [0.2, 0.25) is 0 Å². The van der Waals surface area contributed by atoms with Crippen LogP contribution in [-0.4, -0.2) is 46.8 Å². The predicted octanol–water partition coefficient (Wildman–Crippen LogP) is 1.18. The van der Waals surface area contributed by atoms with Crippen molar-refractivity contribution in [3.63, 3.8) is 0 Å². The van der Waals surface area contributed by atoms with E-state index in [0.29, 0.717) is 12.4 Å². The number of carbonyl (C=O) groups is 1. The molecule has 2 heterocycles. The molecular weight excluding hydrogens is 234 g/mol. The number of hydrogen-bond donors (Lipinski definition) is 1. The maximum absolute atomic E-state index is 10.7. The maximum Gasteiger partial charge on any atom is 0.356 e. The fraction of sp³-hybridized carbons (Fsp3) is 0.583. The van der Waals surface area contributed by atoms with Crippen LogP contribution < -0.4 is 4.90 Å². The van der Waals surface area contributed by atoms with E-state index in [1.54, 1.807) is 0 Å². The average molecular weight is 251 g/mol. The molecule has 1 aliphatic rings. The molecule has 1 fully saturated rings. The van der Waals surface area contributed by atoms with Crippen LogP contribution in [0.5, 0.6) is 0 Å². The Morgan fingerprint density at radius 1 is 1.56 bits per heavy atom. The number of morpholine rings is 1. The lowest BCUT2D eigenvalue weighted by molar-refractivity contribution is 0.0345. The molecule has 0 aromatic carbocycles. The molecule has 0 spiro atoms. The molecule has 18 heavy (non-hydrogen) atoms. The summed E-state index contributed by atoms with van der Waals surface area (Å²) < 4.78 is 5.65. The molecular formula is C12H17N3O3. The summed E-state index contributed by atoms with van der Waals surface area (Å²) in [5, 5.41) is 8.76. The van der Waals surface area contributed by atoms with Crippen molar-refractivity contribution >= 4 is 11.8 Å². The van der Waals surface area contributed by atoms with Gasteiger partial charge in [0.05, 0.1) is 25.1 Å².